The molecule has 76 valence electrons. The molecule has 0 aliphatic heterocycles. The van der Waals surface area contributed by atoms with Gasteiger partial charge in [0, 0.05) is 0 Å². The molecule has 5 nitrogen and oxygen atoms in total. The average Bonchev–Trinajstić information content (AvgIpc) is 1.94. The lowest BCUT2D eigenvalue weighted by Crippen LogP contribution is -2.23. The van der Waals surface area contributed by atoms with E-state index in [0.717, 1.165) is 0 Å². The van der Waals surface area contributed by atoms with Crippen molar-refractivity contribution in [2.24, 2.45) is 5.18 Å². The van der Waals surface area contributed by atoms with E-state index in [9.17, 15) is 22.9 Å². The highest BCUT2D eigenvalue weighted by atomic mass is 19.4. The van der Waals surface area contributed by atoms with Crippen LogP contribution in [0.1, 0.15) is 0 Å². The molecule has 0 spiro atoms. The summed E-state index contributed by atoms with van der Waals surface area (Å²) in [5, 5.41) is 2.36. The number of nitrogens with zero attached hydrogens (tertiary/aromatic N) is 1. The van der Waals surface area contributed by atoms with Crippen LogP contribution in [0.15, 0.2) is 5.18 Å². The second kappa shape index (κ2) is 5.46. The summed E-state index contributed by atoms with van der Waals surface area (Å²) >= 11 is 0. The minimum absolute atomic E-state index is 0.212. The Hall–Kier alpha value is -1.18. The molecule has 0 radical (unpaired) electrons. The first-order chi connectivity index (χ1) is 5.95. The van der Waals surface area contributed by atoms with Crippen LogP contribution in [0.25, 0.3) is 0 Å². The fourth-order valence-corrected chi connectivity index (χ4v) is 0.416. The van der Waals surface area contributed by atoms with Crippen LogP contribution in [0.5, 0.6) is 0 Å². The molecule has 13 heavy (non-hydrogen) atoms. The molecular formula is C5H6F3NO4. The number of carbonyl (C=O) groups excluding carboxylic acids is 1. The van der Waals surface area contributed by atoms with Gasteiger partial charge in [0.25, 0.3) is 0 Å². The molecule has 0 N–H and O–H groups in total. The summed E-state index contributed by atoms with van der Waals surface area (Å²) in [7, 11) is 0. The minimum Gasteiger partial charge on any atom is -0.371 e. The molecule has 0 saturated heterocycles. The molecule has 0 bridgehead atoms. The smallest absolute Gasteiger partial charge is 0.371 e. The predicted molar refractivity (Wildman–Crippen MR) is 33.6 cm³/mol. The van der Waals surface area contributed by atoms with Crippen LogP contribution in [-0.2, 0) is 14.3 Å². The van der Waals surface area contributed by atoms with Crippen molar-refractivity contribution in [3.8, 4) is 0 Å². The Morgan fingerprint density at radius 3 is 2.46 bits per heavy atom. The van der Waals surface area contributed by atoms with Gasteiger partial charge in [-0.3, -0.25) is 0 Å². The van der Waals surface area contributed by atoms with Crippen LogP contribution >= 0.6 is 0 Å². The second-order valence-electron chi connectivity index (χ2n) is 1.83. The number of alkyl halides is 3. The van der Waals surface area contributed by atoms with Gasteiger partial charge >= 0.3 is 12.3 Å². The maximum Gasteiger partial charge on any atom is 0.575 e. The van der Waals surface area contributed by atoms with Crippen molar-refractivity contribution >= 4 is 5.97 Å². The Morgan fingerprint density at radius 1 is 1.38 bits per heavy atom. The Balaban J connectivity index is 3.47. The zero-order valence-electron chi connectivity index (χ0n) is 6.34. The number of hydrogen-bond acceptors (Lipinski definition) is 5. The third-order valence-corrected chi connectivity index (χ3v) is 0.776. The number of rotatable bonds is 5. The molecule has 0 saturated carbocycles. The molecule has 0 rings (SSSR count). The summed E-state index contributed by atoms with van der Waals surface area (Å²) in [5.74, 6) is -1.56. The first-order valence-electron chi connectivity index (χ1n) is 3.11. The number of halogens is 3. The number of hydrogen-bond donors (Lipinski definition) is 0. The molecule has 0 heterocycles. The lowest BCUT2D eigenvalue weighted by Gasteiger charge is -2.06. The highest BCUT2D eigenvalue weighted by molar-refractivity contribution is 5.70. The van der Waals surface area contributed by atoms with Gasteiger partial charge in [-0.25, -0.2) is 4.79 Å². The number of ether oxygens (including phenoxy) is 2. The van der Waals surface area contributed by atoms with E-state index in [2.05, 4.69) is 14.7 Å². The minimum atomic E-state index is -5.00. The van der Waals surface area contributed by atoms with E-state index in [0.29, 0.717) is 0 Å². The number of carbonyl (C=O) groups is 1. The highest BCUT2D eigenvalue weighted by Gasteiger charge is 2.33. The summed E-state index contributed by atoms with van der Waals surface area (Å²) in [6.45, 7) is -1.29. The van der Waals surface area contributed by atoms with Gasteiger partial charge in [0.1, 0.15) is 13.2 Å². The molecule has 0 amide bonds. The Labute approximate surface area is 70.8 Å². The lowest BCUT2D eigenvalue weighted by molar-refractivity contribution is -0.307. The molecular weight excluding hydrogens is 195 g/mol. The Bertz CT molecular complexity index is 181. The van der Waals surface area contributed by atoms with E-state index in [1.165, 1.54) is 0 Å². The molecule has 0 unspecified atom stereocenters. The maximum absolute atomic E-state index is 11.3. The van der Waals surface area contributed by atoms with Gasteiger partial charge in [-0.05, 0) is 0 Å². The van der Waals surface area contributed by atoms with Gasteiger partial charge < -0.3 is 9.47 Å². The average molecular weight is 201 g/mol. The van der Waals surface area contributed by atoms with Gasteiger partial charge in [-0.15, -0.1) is 13.2 Å². The van der Waals surface area contributed by atoms with Crippen molar-refractivity contribution in [3.63, 3.8) is 0 Å². The van der Waals surface area contributed by atoms with E-state index >= 15 is 0 Å². The van der Waals surface area contributed by atoms with E-state index in [1.54, 1.807) is 0 Å². The standard InChI is InChI=1S/C5H6F3NO4/c6-5(7,8)13-4(10)3-12-2-1-9-11/h1-3H2. The van der Waals surface area contributed by atoms with Gasteiger partial charge in [0.15, 0.2) is 0 Å². The van der Waals surface area contributed by atoms with E-state index in [1.807, 2.05) is 0 Å². The normalized spacial score (nSPS) is 11.0. The summed E-state index contributed by atoms with van der Waals surface area (Å²) in [4.78, 5) is 19.7. The van der Waals surface area contributed by atoms with Crippen LogP contribution in [0.2, 0.25) is 0 Å². The SMILES string of the molecule is O=NCCOCC(=O)OC(F)(F)F. The van der Waals surface area contributed by atoms with Gasteiger partial charge in [-0.2, -0.15) is 4.91 Å². The largest absolute Gasteiger partial charge is 0.575 e. The topological polar surface area (TPSA) is 65.0 Å². The van der Waals surface area contributed by atoms with Crippen molar-refractivity contribution in [2.75, 3.05) is 19.8 Å². The van der Waals surface area contributed by atoms with Gasteiger partial charge in [0.2, 0.25) is 0 Å². The summed E-state index contributed by atoms with van der Waals surface area (Å²) < 4.78 is 41.2. The monoisotopic (exact) mass is 201 g/mol. The molecule has 0 fully saturated rings. The quantitative estimate of drug-likeness (QED) is 0.375. The third-order valence-electron chi connectivity index (χ3n) is 0.776. The summed E-state index contributed by atoms with van der Waals surface area (Å²) in [6.07, 6.45) is -5.00. The first-order valence-corrected chi connectivity index (χ1v) is 3.11. The zero-order chi connectivity index (χ0) is 10.3. The van der Waals surface area contributed by atoms with Crippen molar-refractivity contribution in [1.82, 2.24) is 0 Å². The Kier molecular flexibility index (Phi) is 4.97. The van der Waals surface area contributed by atoms with Crippen LogP contribution in [0.3, 0.4) is 0 Å². The van der Waals surface area contributed by atoms with Crippen molar-refractivity contribution in [1.29, 1.82) is 0 Å². The molecule has 0 aromatic carbocycles. The number of nitroso groups, excluding NO2 is 1. The van der Waals surface area contributed by atoms with E-state index in [4.69, 9.17) is 0 Å². The summed E-state index contributed by atoms with van der Waals surface area (Å²) in [5.41, 5.74) is 0. The second-order valence-corrected chi connectivity index (χ2v) is 1.83. The molecule has 0 aromatic heterocycles. The van der Waals surface area contributed by atoms with Crippen molar-refractivity contribution in [3.05, 3.63) is 4.91 Å². The molecule has 8 heteroatoms. The van der Waals surface area contributed by atoms with Gasteiger partial charge in [-0.1, -0.05) is 5.18 Å². The highest BCUT2D eigenvalue weighted by Crippen LogP contribution is 2.15. The fourth-order valence-electron chi connectivity index (χ4n) is 0.416. The fraction of sp³-hybridized carbons (Fsp3) is 0.800. The lowest BCUT2D eigenvalue weighted by atomic mass is 10.7. The van der Waals surface area contributed by atoms with E-state index < -0.39 is 18.9 Å². The maximum atomic E-state index is 11.3. The van der Waals surface area contributed by atoms with Gasteiger partial charge in [0.05, 0.1) is 6.61 Å². The van der Waals surface area contributed by atoms with Crippen LogP contribution < -0.4 is 0 Å². The van der Waals surface area contributed by atoms with Crippen LogP contribution in [0, 0.1) is 4.91 Å². The van der Waals surface area contributed by atoms with Crippen LogP contribution in [0.4, 0.5) is 13.2 Å². The number of esters is 1. The first kappa shape index (κ1) is 11.8. The molecule has 0 aliphatic carbocycles. The molecule has 0 aromatic rings. The van der Waals surface area contributed by atoms with Crippen LogP contribution in [-0.4, -0.2) is 32.1 Å². The van der Waals surface area contributed by atoms with Crippen molar-refractivity contribution < 1.29 is 27.4 Å². The summed E-state index contributed by atoms with van der Waals surface area (Å²) in [6, 6.07) is 0. The molecule has 0 aliphatic rings. The molecule has 0 atom stereocenters. The van der Waals surface area contributed by atoms with Crippen molar-refractivity contribution in [2.45, 2.75) is 6.36 Å². The zero-order valence-corrected chi connectivity index (χ0v) is 6.34. The third kappa shape index (κ3) is 8.73. The Morgan fingerprint density at radius 2 is 2.00 bits per heavy atom. The van der Waals surface area contributed by atoms with E-state index in [-0.39, 0.29) is 13.2 Å². The predicted octanol–water partition coefficient (Wildman–Crippen LogP) is 0.832.